The first-order valence-electron chi connectivity index (χ1n) is 5.49. The monoisotopic (exact) mass is 184 g/mol. The summed E-state index contributed by atoms with van der Waals surface area (Å²) in [5.41, 5.74) is 0.424. The van der Waals surface area contributed by atoms with Gasteiger partial charge in [0.05, 0.1) is 0 Å². The average Bonchev–Trinajstić information content (AvgIpc) is 2.04. The van der Waals surface area contributed by atoms with E-state index in [0.717, 1.165) is 12.5 Å². The number of hydrogen-bond donors (Lipinski definition) is 2. The van der Waals surface area contributed by atoms with E-state index in [4.69, 9.17) is 0 Å². The molecule has 1 heterocycles. The molecule has 0 unspecified atom stereocenters. The lowest BCUT2D eigenvalue weighted by Gasteiger charge is -2.25. The molecule has 0 aromatic heterocycles. The van der Waals surface area contributed by atoms with Crippen LogP contribution >= 0.6 is 0 Å². The van der Waals surface area contributed by atoms with Gasteiger partial charge in [0, 0.05) is 0 Å². The molecule has 0 aromatic carbocycles. The van der Waals surface area contributed by atoms with Crippen molar-refractivity contribution in [2.75, 3.05) is 26.2 Å². The van der Waals surface area contributed by atoms with Gasteiger partial charge in [-0.2, -0.15) is 0 Å². The molecule has 0 aliphatic carbocycles. The molecule has 0 radical (unpaired) electrons. The molecule has 2 N–H and O–H groups in total. The second-order valence-corrected chi connectivity index (χ2v) is 5.38. The van der Waals surface area contributed by atoms with E-state index in [-0.39, 0.29) is 0 Å². The minimum Gasteiger partial charge on any atom is -0.317 e. The second-order valence-electron chi connectivity index (χ2n) is 5.38. The second kappa shape index (κ2) is 4.97. The van der Waals surface area contributed by atoms with Crippen LogP contribution in [-0.2, 0) is 0 Å². The number of hydrogen-bond acceptors (Lipinski definition) is 2. The van der Waals surface area contributed by atoms with Crippen molar-refractivity contribution in [3.05, 3.63) is 0 Å². The lowest BCUT2D eigenvalue weighted by Crippen LogP contribution is -2.36. The molecule has 2 nitrogen and oxygen atoms in total. The van der Waals surface area contributed by atoms with E-state index in [0.29, 0.717) is 5.41 Å². The fraction of sp³-hybridized carbons (Fsp3) is 1.00. The zero-order valence-corrected chi connectivity index (χ0v) is 9.32. The quantitative estimate of drug-likeness (QED) is 0.696. The normalized spacial score (nSPS) is 20.5. The van der Waals surface area contributed by atoms with Crippen molar-refractivity contribution < 1.29 is 0 Å². The van der Waals surface area contributed by atoms with Crippen LogP contribution in [0.15, 0.2) is 0 Å². The molecule has 78 valence electrons. The van der Waals surface area contributed by atoms with E-state index in [9.17, 15) is 0 Å². The summed E-state index contributed by atoms with van der Waals surface area (Å²) in [6, 6.07) is 0. The highest BCUT2D eigenvalue weighted by molar-refractivity contribution is 4.72. The zero-order chi connectivity index (χ0) is 9.73. The minimum absolute atomic E-state index is 0.424. The highest BCUT2D eigenvalue weighted by Crippen LogP contribution is 2.13. The van der Waals surface area contributed by atoms with Gasteiger partial charge in [0.2, 0.25) is 0 Å². The Morgan fingerprint density at radius 1 is 1.23 bits per heavy atom. The van der Waals surface area contributed by atoms with Gasteiger partial charge in [0.15, 0.2) is 0 Å². The number of nitrogens with one attached hydrogen (secondary N) is 2. The Bertz CT molecular complexity index is 132. The largest absolute Gasteiger partial charge is 0.317 e. The van der Waals surface area contributed by atoms with Crippen LogP contribution in [0, 0.1) is 11.3 Å². The molecule has 0 aromatic rings. The third-order valence-corrected chi connectivity index (χ3v) is 2.55. The molecule has 1 saturated heterocycles. The topological polar surface area (TPSA) is 24.1 Å². The summed E-state index contributed by atoms with van der Waals surface area (Å²) in [7, 11) is 0. The molecule has 0 atom stereocenters. The highest BCUT2D eigenvalue weighted by Gasteiger charge is 2.14. The maximum absolute atomic E-state index is 3.57. The first kappa shape index (κ1) is 11.0. The van der Waals surface area contributed by atoms with Crippen LogP contribution in [0.25, 0.3) is 0 Å². The van der Waals surface area contributed by atoms with Crippen LogP contribution in [-0.4, -0.2) is 26.2 Å². The summed E-state index contributed by atoms with van der Waals surface area (Å²) in [6.07, 6.45) is 2.69. The van der Waals surface area contributed by atoms with Gasteiger partial charge < -0.3 is 10.6 Å². The Morgan fingerprint density at radius 2 is 1.85 bits per heavy atom. The molecular formula is C11H24N2. The SMILES string of the molecule is CC(C)(C)CNCC1CCNCC1. The molecule has 2 heteroatoms. The van der Waals surface area contributed by atoms with E-state index in [1.54, 1.807) is 0 Å². The Labute approximate surface area is 82.5 Å². The van der Waals surface area contributed by atoms with Gasteiger partial charge in [-0.05, 0) is 50.4 Å². The number of piperidine rings is 1. The predicted molar refractivity (Wildman–Crippen MR) is 57.9 cm³/mol. The first-order chi connectivity index (χ1) is 6.08. The lowest BCUT2D eigenvalue weighted by atomic mass is 9.95. The molecule has 0 spiro atoms. The van der Waals surface area contributed by atoms with Crippen LogP contribution in [0.1, 0.15) is 33.6 Å². The summed E-state index contributed by atoms with van der Waals surface area (Å²) in [6.45, 7) is 11.6. The van der Waals surface area contributed by atoms with E-state index < -0.39 is 0 Å². The summed E-state index contributed by atoms with van der Waals surface area (Å²) in [5.74, 6) is 0.906. The van der Waals surface area contributed by atoms with E-state index in [1.807, 2.05) is 0 Å². The molecule has 1 aliphatic rings. The Balaban J connectivity index is 2.04. The highest BCUT2D eigenvalue weighted by atomic mass is 14.9. The fourth-order valence-corrected chi connectivity index (χ4v) is 1.74. The van der Waals surface area contributed by atoms with Gasteiger partial charge >= 0.3 is 0 Å². The molecule has 0 bridgehead atoms. The Kier molecular flexibility index (Phi) is 4.20. The zero-order valence-electron chi connectivity index (χ0n) is 9.32. The van der Waals surface area contributed by atoms with Gasteiger partial charge in [0.1, 0.15) is 0 Å². The summed E-state index contributed by atoms with van der Waals surface area (Å²) >= 11 is 0. The van der Waals surface area contributed by atoms with E-state index in [1.165, 1.54) is 32.5 Å². The van der Waals surface area contributed by atoms with Crippen LogP contribution < -0.4 is 10.6 Å². The van der Waals surface area contributed by atoms with E-state index >= 15 is 0 Å². The van der Waals surface area contributed by atoms with Gasteiger partial charge in [-0.15, -0.1) is 0 Å². The molecule has 1 rings (SSSR count). The molecule has 0 saturated carbocycles. The third kappa shape index (κ3) is 5.27. The maximum atomic E-state index is 3.57. The van der Waals surface area contributed by atoms with Crippen molar-refractivity contribution in [1.29, 1.82) is 0 Å². The summed E-state index contributed by atoms with van der Waals surface area (Å²) < 4.78 is 0. The van der Waals surface area contributed by atoms with Crippen molar-refractivity contribution in [3.8, 4) is 0 Å². The van der Waals surface area contributed by atoms with Gasteiger partial charge in [0.25, 0.3) is 0 Å². The van der Waals surface area contributed by atoms with Crippen LogP contribution in [0.2, 0.25) is 0 Å². The smallest absolute Gasteiger partial charge is 0.000000930 e. The average molecular weight is 184 g/mol. The minimum atomic E-state index is 0.424. The Hall–Kier alpha value is -0.0800. The molecular weight excluding hydrogens is 160 g/mol. The first-order valence-corrected chi connectivity index (χ1v) is 5.49. The van der Waals surface area contributed by atoms with Crippen molar-refractivity contribution in [1.82, 2.24) is 10.6 Å². The molecule has 1 fully saturated rings. The van der Waals surface area contributed by atoms with Gasteiger partial charge in [-0.3, -0.25) is 0 Å². The van der Waals surface area contributed by atoms with Crippen molar-refractivity contribution >= 4 is 0 Å². The molecule has 1 aliphatic heterocycles. The van der Waals surface area contributed by atoms with Crippen LogP contribution in [0.4, 0.5) is 0 Å². The fourth-order valence-electron chi connectivity index (χ4n) is 1.74. The van der Waals surface area contributed by atoms with Crippen molar-refractivity contribution in [2.45, 2.75) is 33.6 Å². The van der Waals surface area contributed by atoms with Crippen LogP contribution in [0.3, 0.4) is 0 Å². The van der Waals surface area contributed by atoms with Gasteiger partial charge in [-0.25, -0.2) is 0 Å². The third-order valence-electron chi connectivity index (χ3n) is 2.55. The van der Waals surface area contributed by atoms with Crippen LogP contribution in [0.5, 0.6) is 0 Å². The number of rotatable bonds is 3. The van der Waals surface area contributed by atoms with Crippen molar-refractivity contribution in [3.63, 3.8) is 0 Å². The standard InChI is InChI=1S/C11H24N2/c1-11(2,3)9-13-8-10-4-6-12-7-5-10/h10,12-13H,4-9H2,1-3H3. The maximum Gasteiger partial charge on any atom is -0.000000930 e. The summed E-state index contributed by atoms with van der Waals surface area (Å²) in [5, 5.41) is 6.96. The predicted octanol–water partition coefficient (Wildman–Crippen LogP) is 1.62. The van der Waals surface area contributed by atoms with E-state index in [2.05, 4.69) is 31.4 Å². The lowest BCUT2D eigenvalue weighted by molar-refractivity contribution is 0.320. The molecule has 13 heavy (non-hydrogen) atoms. The Morgan fingerprint density at radius 3 is 2.38 bits per heavy atom. The van der Waals surface area contributed by atoms with Crippen molar-refractivity contribution in [2.24, 2.45) is 11.3 Å². The summed E-state index contributed by atoms with van der Waals surface area (Å²) in [4.78, 5) is 0. The van der Waals surface area contributed by atoms with Gasteiger partial charge in [-0.1, -0.05) is 20.8 Å². The molecule has 0 amide bonds.